The number of hydrogen-bond acceptors (Lipinski definition) is 4. The molecule has 2 N–H and O–H groups in total. The van der Waals surface area contributed by atoms with E-state index in [4.69, 9.17) is 27.6 Å². The van der Waals surface area contributed by atoms with E-state index in [2.05, 4.69) is 10.6 Å². The normalized spacial score (nSPS) is 11.7. The van der Waals surface area contributed by atoms with Gasteiger partial charge in [0.2, 0.25) is 5.78 Å². The topological polar surface area (TPSA) is 71.3 Å². The number of amides is 1. The first-order chi connectivity index (χ1) is 12.9. The van der Waals surface area contributed by atoms with Crippen molar-refractivity contribution in [3.05, 3.63) is 87.8 Å². The zero-order chi connectivity index (χ0) is 19.4. The van der Waals surface area contributed by atoms with Crippen LogP contribution in [0.3, 0.4) is 0 Å². The number of carbonyl (C=O) groups is 2. The van der Waals surface area contributed by atoms with Gasteiger partial charge in [0.05, 0.1) is 17.0 Å². The van der Waals surface area contributed by atoms with Crippen LogP contribution < -0.4 is 10.6 Å². The van der Waals surface area contributed by atoms with Crippen LogP contribution >= 0.6 is 23.2 Å². The van der Waals surface area contributed by atoms with Gasteiger partial charge in [0, 0.05) is 10.6 Å². The van der Waals surface area contributed by atoms with Gasteiger partial charge >= 0.3 is 0 Å². The van der Waals surface area contributed by atoms with E-state index >= 15 is 0 Å². The minimum atomic E-state index is -1.07. The van der Waals surface area contributed by atoms with Crippen LogP contribution in [0.15, 0.2) is 65.3 Å². The third-order valence-corrected chi connectivity index (χ3v) is 4.41. The van der Waals surface area contributed by atoms with E-state index in [1.165, 1.54) is 12.3 Å². The lowest BCUT2D eigenvalue weighted by Gasteiger charge is -2.21. The SMILES string of the molecule is Cc1ccc(C(=O)C(NC(=O)c2ccco2)Nc2cc(Cl)ccc2Cl)cc1. The highest BCUT2D eigenvalue weighted by molar-refractivity contribution is 6.35. The number of carbonyl (C=O) groups excluding carboxylic acids is 2. The van der Waals surface area contributed by atoms with E-state index in [0.717, 1.165) is 5.56 Å². The minimum absolute atomic E-state index is 0.0932. The summed E-state index contributed by atoms with van der Waals surface area (Å²) >= 11 is 12.2. The molecule has 1 aromatic heterocycles. The van der Waals surface area contributed by atoms with E-state index in [0.29, 0.717) is 21.3 Å². The van der Waals surface area contributed by atoms with Gasteiger partial charge in [0.25, 0.3) is 5.91 Å². The maximum atomic E-state index is 13.0. The second-order valence-electron chi connectivity index (χ2n) is 5.88. The Balaban J connectivity index is 1.90. The van der Waals surface area contributed by atoms with Crippen LogP contribution in [0.25, 0.3) is 0 Å². The van der Waals surface area contributed by atoms with Gasteiger partial charge in [0.15, 0.2) is 11.9 Å². The molecule has 2 aromatic carbocycles. The molecule has 0 bridgehead atoms. The summed E-state index contributed by atoms with van der Waals surface area (Å²) in [6, 6.07) is 15.0. The Labute approximate surface area is 166 Å². The summed E-state index contributed by atoms with van der Waals surface area (Å²) in [4.78, 5) is 25.4. The maximum absolute atomic E-state index is 13.0. The van der Waals surface area contributed by atoms with Crippen molar-refractivity contribution in [2.24, 2.45) is 0 Å². The van der Waals surface area contributed by atoms with Crippen LogP contribution in [0.1, 0.15) is 26.5 Å². The minimum Gasteiger partial charge on any atom is -0.459 e. The Bertz CT molecular complexity index is 954. The first kappa shape index (κ1) is 19.0. The van der Waals surface area contributed by atoms with Gasteiger partial charge in [-0.1, -0.05) is 53.0 Å². The molecule has 0 aliphatic heterocycles. The van der Waals surface area contributed by atoms with Crippen molar-refractivity contribution in [3.8, 4) is 0 Å². The molecule has 5 nitrogen and oxygen atoms in total. The number of benzene rings is 2. The third kappa shape index (κ3) is 4.70. The molecule has 0 saturated carbocycles. The van der Waals surface area contributed by atoms with Crippen molar-refractivity contribution in [3.63, 3.8) is 0 Å². The highest BCUT2D eigenvalue weighted by Gasteiger charge is 2.24. The highest BCUT2D eigenvalue weighted by Crippen LogP contribution is 2.26. The number of furan rings is 1. The average molecular weight is 403 g/mol. The van der Waals surface area contributed by atoms with Crippen molar-refractivity contribution in [2.75, 3.05) is 5.32 Å². The summed E-state index contributed by atoms with van der Waals surface area (Å²) in [5.41, 5.74) is 1.89. The molecule has 0 spiro atoms. The number of ketones is 1. The number of nitrogens with one attached hydrogen (secondary N) is 2. The summed E-state index contributed by atoms with van der Waals surface area (Å²) in [5, 5.41) is 6.40. The van der Waals surface area contributed by atoms with Crippen LogP contribution in [0, 0.1) is 6.92 Å². The fourth-order valence-electron chi connectivity index (χ4n) is 2.43. The van der Waals surface area contributed by atoms with Crippen LogP contribution in [-0.2, 0) is 0 Å². The highest BCUT2D eigenvalue weighted by atomic mass is 35.5. The smallest absolute Gasteiger partial charge is 0.288 e. The lowest BCUT2D eigenvalue weighted by Crippen LogP contribution is -2.46. The quantitative estimate of drug-likeness (QED) is 0.452. The fourth-order valence-corrected chi connectivity index (χ4v) is 2.77. The summed E-state index contributed by atoms with van der Waals surface area (Å²) in [5.74, 6) is -0.766. The summed E-state index contributed by atoms with van der Waals surface area (Å²) < 4.78 is 5.09. The standard InChI is InChI=1S/C20H16Cl2N2O3/c1-12-4-6-13(7-5-12)18(25)19(24-20(26)17-3-2-10-27-17)23-16-11-14(21)8-9-15(16)22/h2-11,19,23H,1H3,(H,24,26). The van der Waals surface area contributed by atoms with Gasteiger partial charge in [-0.3, -0.25) is 9.59 Å². The molecule has 1 heterocycles. The average Bonchev–Trinajstić information content (AvgIpc) is 3.19. The first-order valence-corrected chi connectivity index (χ1v) is 8.86. The number of anilines is 1. The van der Waals surface area contributed by atoms with Crippen molar-refractivity contribution in [2.45, 2.75) is 13.1 Å². The van der Waals surface area contributed by atoms with Crippen molar-refractivity contribution in [1.29, 1.82) is 0 Å². The second-order valence-corrected chi connectivity index (χ2v) is 6.73. The third-order valence-electron chi connectivity index (χ3n) is 3.85. The van der Waals surface area contributed by atoms with Gasteiger partial charge in [-0.05, 0) is 37.3 Å². The van der Waals surface area contributed by atoms with Gasteiger partial charge < -0.3 is 15.1 Å². The molecule has 0 aliphatic rings. The number of Topliss-reactive ketones (excluding diaryl/α,β-unsaturated/α-hetero) is 1. The maximum Gasteiger partial charge on any atom is 0.288 e. The van der Waals surface area contributed by atoms with E-state index in [1.807, 2.05) is 19.1 Å². The van der Waals surface area contributed by atoms with Gasteiger partial charge in [-0.2, -0.15) is 0 Å². The monoisotopic (exact) mass is 402 g/mol. The molecule has 0 aliphatic carbocycles. The van der Waals surface area contributed by atoms with Crippen LogP contribution in [0.5, 0.6) is 0 Å². The van der Waals surface area contributed by atoms with Crippen molar-refractivity contribution < 1.29 is 14.0 Å². The summed E-state index contributed by atoms with van der Waals surface area (Å²) in [6.45, 7) is 1.93. The predicted octanol–water partition coefficient (Wildman–Crippen LogP) is 4.95. The molecule has 1 unspecified atom stereocenters. The molecule has 0 fully saturated rings. The number of halogens is 2. The van der Waals surface area contributed by atoms with Gasteiger partial charge in [-0.25, -0.2) is 0 Å². The van der Waals surface area contributed by atoms with E-state index in [-0.39, 0.29) is 11.5 Å². The molecule has 0 radical (unpaired) electrons. The molecule has 27 heavy (non-hydrogen) atoms. The van der Waals surface area contributed by atoms with E-state index in [1.54, 1.807) is 36.4 Å². The van der Waals surface area contributed by atoms with Crippen LogP contribution in [-0.4, -0.2) is 17.9 Å². The van der Waals surface area contributed by atoms with Crippen molar-refractivity contribution in [1.82, 2.24) is 5.32 Å². The Kier molecular flexibility index (Phi) is 5.84. The first-order valence-electron chi connectivity index (χ1n) is 8.11. The van der Waals surface area contributed by atoms with Crippen LogP contribution in [0.2, 0.25) is 10.0 Å². The second kappa shape index (κ2) is 8.29. The van der Waals surface area contributed by atoms with E-state index in [9.17, 15) is 9.59 Å². The zero-order valence-electron chi connectivity index (χ0n) is 14.3. The Morgan fingerprint density at radius 3 is 2.44 bits per heavy atom. The lowest BCUT2D eigenvalue weighted by molar-refractivity contribution is 0.0853. The Hall–Kier alpha value is -2.76. The molecule has 3 rings (SSSR count). The Morgan fingerprint density at radius 2 is 1.78 bits per heavy atom. The predicted molar refractivity (Wildman–Crippen MR) is 106 cm³/mol. The van der Waals surface area contributed by atoms with Gasteiger partial charge in [0.1, 0.15) is 0 Å². The van der Waals surface area contributed by atoms with E-state index < -0.39 is 12.1 Å². The molecule has 7 heteroatoms. The zero-order valence-corrected chi connectivity index (χ0v) is 15.8. The molecular formula is C20H16Cl2N2O3. The molecule has 0 saturated heterocycles. The van der Waals surface area contributed by atoms with Gasteiger partial charge in [-0.15, -0.1) is 0 Å². The molecular weight excluding hydrogens is 387 g/mol. The lowest BCUT2D eigenvalue weighted by atomic mass is 10.1. The molecule has 3 aromatic rings. The number of hydrogen-bond donors (Lipinski definition) is 2. The Morgan fingerprint density at radius 1 is 1.04 bits per heavy atom. The van der Waals surface area contributed by atoms with Crippen molar-refractivity contribution >= 4 is 40.6 Å². The largest absolute Gasteiger partial charge is 0.459 e. The summed E-state index contributed by atoms with van der Waals surface area (Å²) in [7, 11) is 0. The number of rotatable bonds is 6. The fraction of sp³-hybridized carbons (Fsp3) is 0.100. The molecule has 138 valence electrons. The molecule has 1 atom stereocenters. The summed E-state index contributed by atoms with van der Waals surface area (Å²) in [6.07, 6.45) is 0.314. The number of aryl methyl sites for hydroxylation is 1. The van der Waals surface area contributed by atoms with Crippen LogP contribution in [0.4, 0.5) is 5.69 Å². The molecule has 1 amide bonds.